The zero-order valence-electron chi connectivity index (χ0n) is 21.9. The number of hydrogen-bond acceptors (Lipinski definition) is 3. The van der Waals surface area contributed by atoms with Gasteiger partial charge in [0.1, 0.15) is 5.70 Å². The molecule has 2 amide bonds. The molecule has 0 spiro atoms. The van der Waals surface area contributed by atoms with Gasteiger partial charge in [-0.3, -0.25) is 9.59 Å². The van der Waals surface area contributed by atoms with Crippen LogP contribution in [0.5, 0.6) is 0 Å². The first-order valence-corrected chi connectivity index (χ1v) is 15.0. The summed E-state index contributed by atoms with van der Waals surface area (Å²) in [6.45, 7) is 0. The molecule has 0 radical (unpaired) electrons. The Morgan fingerprint density at radius 1 is 0.561 bits per heavy atom. The van der Waals surface area contributed by atoms with Gasteiger partial charge >= 0.3 is 0 Å². The Morgan fingerprint density at radius 3 is 1.49 bits per heavy atom. The molecule has 0 aromatic heterocycles. The molecule has 0 aliphatic heterocycles. The van der Waals surface area contributed by atoms with Crippen molar-refractivity contribution in [3.63, 3.8) is 0 Å². The number of carbonyl (C=O) groups excluding carboxylic acids is 2. The third-order valence-corrected chi connectivity index (χ3v) is 9.86. The van der Waals surface area contributed by atoms with Crippen LogP contribution in [0.2, 0.25) is 5.02 Å². The molecule has 0 aliphatic rings. The maximum atomic E-state index is 15.7. The highest BCUT2D eigenvalue weighted by molar-refractivity contribution is 7.87. The van der Waals surface area contributed by atoms with Gasteiger partial charge < -0.3 is 15.2 Å². The van der Waals surface area contributed by atoms with Gasteiger partial charge in [-0.1, -0.05) is 121 Å². The highest BCUT2D eigenvalue weighted by Gasteiger charge is 2.37. The van der Waals surface area contributed by atoms with Gasteiger partial charge in [0, 0.05) is 26.9 Å². The van der Waals surface area contributed by atoms with Crippen molar-refractivity contribution in [2.45, 2.75) is 0 Å². The summed E-state index contributed by atoms with van der Waals surface area (Å²) in [7, 11) is -3.74. The Kier molecular flexibility index (Phi) is 8.59. The first-order valence-electron chi connectivity index (χ1n) is 12.9. The Labute approximate surface area is 243 Å². The third-order valence-electron chi connectivity index (χ3n) is 6.44. The quantitative estimate of drug-likeness (QED) is 0.153. The van der Waals surface area contributed by atoms with Crippen LogP contribution in [-0.2, 0) is 9.36 Å². The van der Waals surface area contributed by atoms with E-state index in [9.17, 15) is 9.59 Å². The number of anilines is 1. The van der Waals surface area contributed by atoms with Gasteiger partial charge in [-0.15, -0.1) is 0 Å². The highest BCUT2D eigenvalue weighted by Crippen LogP contribution is 2.57. The molecule has 202 valence electrons. The molecule has 0 heterocycles. The number of carbonyl (C=O) groups is 2. The second-order valence-corrected chi connectivity index (χ2v) is 12.3. The van der Waals surface area contributed by atoms with Crippen molar-refractivity contribution in [1.82, 2.24) is 5.32 Å². The lowest BCUT2D eigenvalue weighted by Gasteiger charge is -2.26. The SMILES string of the molecule is O=C(Nc1ccc(Cl)cc1)C(NC(=O)c1ccccc1)=C(c1ccccc1)P(=O)(c1ccccc1)c1ccccc1. The van der Waals surface area contributed by atoms with Crippen LogP contribution < -0.4 is 21.2 Å². The van der Waals surface area contributed by atoms with Gasteiger partial charge in [-0.25, -0.2) is 0 Å². The molecule has 0 aliphatic carbocycles. The monoisotopic (exact) mass is 576 g/mol. The topological polar surface area (TPSA) is 75.3 Å². The predicted octanol–water partition coefficient (Wildman–Crippen LogP) is 7.09. The van der Waals surface area contributed by atoms with Gasteiger partial charge in [0.05, 0.1) is 5.31 Å². The summed E-state index contributed by atoms with van der Waals surface area (Å²) < 4.78 is 15.7. The highest BCUT2D eigenvalue weighted by atomic mass is 35.5. The van der Waals surface area contributed by atoms with Crippen molar-refractivity contribution in [3.05, 3.63) is 167 Å². The summed E-state index contributed by atoms with van der Waals surface area (Å²) >= 11 is 6.06. The average molecular weight is 577 g/mol. The van der Waals surface area contributed by atoms with Crippen LogP contribution >= 0.6 is 18.7 Å². The van der Waals surface area contributed by atoms with E-state index in [-0.39, 0.29) is 11.0 Å². The van der Waals surface area contributed by atoms with Crippen LogP contribution in [0, 0.1) is 0 Å². The molecule has 5 rings (SSSR count). The Bertz CT molecular complexity index is 1680. The molecule has 0 saturated heterocycles. The fourth-order valence-electron chi connectivity index (χ4n) is 4.49. The first kappa shape index (κ1) is 27.9. The molecule has 5 nitrogen and oxygen atoms in total. The largest absolute Gasteiger partial charge is 0.321 e. The minimum atomic E-state index is -3.74. The second kappa shape index (κ2) is 12.6. The zero-order chi connectivity index (χ0) is 28.7. The van der Waals surface area contributed by atoms with E-state index in [0.717, 1.165) is 0 Å². The molecular weight excluding hydrogens is 551 g/mol. The predicted molar refractivity (Wildman–Crippen MR) is 167 cm³/mol. The Morgan fingerprint density at radius 2 is 1.00 bits per heavy atom. The number of amides is 2. The molecule has 5 aromatic carbocycles. The second-order valence-electron chi connectivity index (χ2n) is 9.15. The van der Waals surface area contributed by atoms with Gasteiger partial charge in [0.2, 0.25) is 0 Å². The number of hydrogen-bond donors (Lipinski definition) is 2. The molecule has 0 atom stereocenters. The van der Waals surface area contributed by atoms with Crippen molar-refractivity contribution in [1.29, 1.82) is 0 Å². The number of nitrogens with one attached hydrogen (secondary N) is 2. The standard InChI is InChI=1S/C34H26ClN2O3P/c35-27-21-23-28(24-22-27)36-34(39)31(37-33(38)26-15-7-2-8-16-26)32(25-13-5-1-6-14-25)41(40,29-17-9-3-10-18-29)30-19-11-4-12-20-30/h1-24H,(H,36,39)(H,37,38). The van der Waals surface area contributed by atoms with E-state index < -0.39 is 19.0 Å². The fraction of sp³-hybridized carbons (Fsp3) is 0. The molecule has 0 saturated carbocycles. The van der Waals surface area contributed by atoms with E-state index >= 15 is 4.57 Å². The molecule has 41 heavy (non-hydrogen) atoms. The van der Waals surface area contributed by atoms with Gasteiger partial charge in [-0.2, -0.15) is 0 Å². The summed E-state index contributed by atoms with van der Waals surface area (Å²) in [5.74, 6) is -1.13. The first-order chi connectivity index (χ1) is 20.0. The Balaban J connectivity index is 1.80. The van der Waals surface area contributed by atoms with Gasteiger partial charge in [0.15, 0.2) is 7.14 Å². The minimum absolute atomic E-state index is 0.115. The van der Waals surface area contributed by atoms with Crippen LogP contribution in [0.1, 0.15) is 15.9 Å². The van der Waals surface area contributed by atoms with Crippen LogP contribution in [0.25, 0.3) is 5.31 Å². The van der Waals surface area contributed by atoms with Crippen molar-refractivity contribution in [2.24, 2.45) is 0 Å². The van der Waals surface area contributed by atoms with Crippen molar-refractivity contribution < 1.29 is 14.2 Å². The van der Waals surface area contributed by atoms with Crippen molar-refractivity contribution in [3.8, 4) is 0 Å². The average Bonchev–Trinajstić information content (AvgIpc) is 3.03. The maximum absolute atomic E-state index is 15.7. The number of halogens is 1. The number of benzene rings is 5. The summed E-state index contributed by atoms with van der Waals surface area (Å²) in [6.07, 6.45) is 0. The molecule has 2 N–H and O–H groups in total. The van der Waals surface area contributed by atoms with E-state index in [1.165, 1.54) is 0 Å². The summed E-state index contributed by atoms with van der Waals surface area (Å²) in [5, 5.41) is 7.47. The summed E-state index contributed by atoms with van der Waals surface area (Å²) in [4.78, 5) is 27.7. The maximum Gasteiger partial charge on any atom is 0.273 e. The van der Waals surface area contributed by atoms with E-state index in [1.54, 1.807) is 91.0 Å². The lowest BCUT2D eigenvalue weighted by molar-refractivity contribution is -0.113. The summed E-state index contributed by atoms with van der Waals surface area (Å²) in [5.41, 5.74) is 1.24. The van der Waals surface area contributed by atoms with Crippen LogP contribution in [-0.4, -0.2) is 11.8 Å². The molecular formula is C34H26ClN2O3P. The molecule has 0 fully saturated rings. The lowest BCUT2D eigenvalue weighted by atomic mass is 10.1. The fourth-order valence-corrected chi connectivity index (χ4v) is 7.60. The van der Waals surface area contributed by atoms with Crippen LogP contribution in [0.15, 0.2) is 151 Å². The van der Waals surface area contributed by atoms with E-state index in [0.29, 0.717) is 32.4 Å². The van der Waals surface area contributed by atoms with Gasteiger partial charge in [0.25, 0.3) is 11.8 Å². The van der Waals surface area contributed by atoms with Crippen molar-refractivity contribution in [2.75, 3.05) is 5.32 Å². The van der Waals surface area contributed by atoms with E-state index in [1.807, 2.05) is 54.6 Å². The van der Waals surface area contributed by atoms with Crippen LogP contribution in [0.4, 0.5) is 5.69 Å². The van der Waals surface area contributed by atoms with Gasteiger partial charge in [-0.05, 0) is 42.0 Å². The molecule has 5 aromatic rings. The molecule has 0 bridgehead atoms. The van der Waals surface area contributed by atoms with E-state index in [2.05, 4.69) is 10.6 Å². The third kappa shape index (κ3) is 6.22. The summed E-state index contributed by atoms with van der Waals surface area (Å²) in [6, 6.07) is 42.3. The van der Waals surface area contributed by atoms with E-state index in [4.69, 9.17) is 11.6 Å². The smallest absolute Gasteiger partial charge is 0.273 e. The molecule has 0 unspecified atom stereocenters. The lowest BCUT2D eigenvalue weighted by Crippen LogP contribution is -2.33. The Hall–Kier alpha value is -4.70. The number of rotatable bonds is 8. The van der Waals surface area contributed by atoms with Crippen molar-refractivity contribution >= 4 is 52.2 Å². The molecule has 7 heteroatoms. The normalized spacial score (nSPS) is 11.7. The minimum Gasteiger partial charge on any atom is -0.321 e. The zero-order valence-corrected chi connectivity index (χ0v) is 23.6. The van der Waals surface area contributed by atoms with Crippen LogP contribution in [0.3, 0.4) is 0 Å².